The third-order valence-electron chi connectivity index (χ3n) is 4.23. The average Bonchev–Trinajstić information content (AvgIpc) is 3.15. The number of thioether (sulfide) groups is 1. The average molecular weight is 454 g/mol. The normalized spacial score (nSPS) is 10.7. The number of carbonyl (C=O) groups is 2. The molecule has 2 amide bonds. The number of rotatable bonds is 12. The first-order valence-corrected chi connectivity index (χ1v) is 12.2. The summed E-state index contributed by atoms with van der Waals surface area (Å²) in [6.45, 7) is 5.89. The fourth-order valence-corrected chi connectivity index (χ4v) is 4.39. The highest BCUT2D eigenvalue weighted by atomic mass is 35.5. The molecule has 0 fully saturated rings. The molecule has 0 bridgehead atoms. The smallest absolute Gasteiger partial charge is 0.234 e. The van der Waals surface area contributed by atoms with Crippen molar-refractivity contribution in [2.24, 2.45) is 0 Å². The van der Waals surface area contributed by atoms with E-state index < -0.39 is 0 Å². The molecule has 158 valence electrons. The molecule has 0 saturated carbocycles. The van der Waals surface area contributed by atoms with E-state index in [1.807, 2.05) is 10.3 Å². The minimum absolute atomic E-state index is 0.101. The van der Waals surface area contributed by atoms with Gasteiger partial charge in [0.2, 0.25) is 11.8 Å². The number of nitrogens with zero attached hydrogens (tertiary/aromatic N) is 2. The molecule has 5 nitrogen and oxygen atoms in total. The van der Waals surface area contributed by atoms with E-state index in [2.05, 4.69) is 24.1 Å². The van der Waals surface area contributed by atoms with Crippen LogP contribution in [0.5, 0.6) is 0 Å². The third kappa shape index (κ3) is 8.76. The highest BCUT2D eigenvalue weighted by Gasteiger charge is 2.15. The summed E-state index contributed by atoms with van der Waals surface area (Å²) in [5, 5.41) is 5.37. The molecule has 8 heteroatoms. The SMILES string of the molecule is CCCCN(CCCC)C(=O)Cc1csc(SCC(=O)Nc2ccc(Cl)cc2)n1. The van der Waals surface area contributed by atoms with Crippen molar-refractivity contribution in [2.45, 2.75) is 50.3 Å². The van der Waals surface area contributed by atoms with Crippen LogP contribution < -0.4 is 5.32 Å². The Balaban J connectivity index is 1.82. The first kappa shape index (κ1) is 23.7. The summed E-state index contributed by atoms with van der Waals surface area (Å²) in [6, 6.07) is 7.00. The number of unbranched alkanes of at least 4 members (excludes halogenated alkanes) is 2. The number of amides is 2. The van der Waals surface area contributed by atoms with Gasteiger partial charge in [-0.05, 0) is 37.1 Å². The van der Waals surface area contributed by atoms with Gasteiger partial charge in [-0.15, -0.1) is 11.3 Å². The molecule has 0 aliphatic heterocycles. The lowest BCUT2D eigenvalue weighted by atomic mass is 10.2. The number of thiazole rings is 1. The van der Waals surface area contributed by atoms with Crippen LogP contribution in [0.2, 0.25) is 5.02 Å². The van der Waals surface area contributed by atoms with Gasteiger partial charge in [0.25, 0.3) is 0 Å². The number of nitrogens with one attached hydrogen (secondary N) is 1. The Hall–Kier alpha value is -1.57. The predicted octanol–water partition coefficient (Wildman–Crippen LogP) is 5.50. The fourth-order valence-electron chi connectivity index (χ4n) is 2.62. The van der Waals surface area contributed by atoms with Gasteiger partial charge in [-0.2, -0.15) is 0 Å². The van der Waals surface area contributed by atoms with Gasteiger partial charge in [-0.3, -0.25) is 9.59 Å². The molecule has 2 aromatic rings. The minimum atomic E-state index is -0.101. The second-order valence-electron chi connectivity index (χ2n) is 6.71. The summed E-state index contributed by atoms with van der Waals surface area (Å²) < 4.78 is 0.799. The lowest BCUT2D eigenvalue weighted by Gasteiger charge is -2.22. The summed E-state index contributed by atoms with van der Waals surface area (Å²) in [7, 11) is 0. The van der Waals surface area contributed by atoms with Crippen molar-refractivity contribution in [2.75, 3.05) is 24.2 Å². The van der Waals surface area contributed by atoms with Gasteiger partial charge in [0.15, 0.2) is 4.34 Å². The molecule has 0 spiro atoms. The van der Waals surface area contributed by atoms with Crippen LogP contribution in [-0.4, -0.2) is 40.5 Å². The van der Waals surface area contributed by atoms with Crippen LogP contribution in [0.15, 0.2) is 34.0 Å². The van der Waals surface area contributed by atoms with E-state index in [0.717, 1.165) is 48.8 Å². The van der Waals surface area contributed by atoms with Gasteiger partial charge in [-0.1, -0.05) is 50.1 Å². The second-order valence-corrected chi connectivity index (χ2v) is 9.23. The van der Waals surface area contributed by atoms with Crippen LogP contribution in [0.4, 0.5) is 5.69 Å². The van der Waals surface area contributed by atoms with Gasteiger partial charge < -0.3 is 10.2 Å². The summed E-state index contributed by atoms with van der Waals surface area (Å²) in [4.78, 5) is 31.2. The molecule has 1 aromatic heterocycles. The standard InChI is InChI=1S/C21H28ClN3O2S2/c1-3-5-11-25(12-6-4-2)20(27)13-18-14-28-21(24-18)29-15-19(26)23-17-9-7-16(22)8-10-17/h7-10,14H,3-6,11-13,15H2,1-2H3,(H,23,26). The Morgan fingerprint density at radius 3 is 2.41 bits per heavy atom. The van der Waals surface area contributed by atoms with Gasteiger partial charge in [0.1, 0.15) is 0 Å². The molecule has 0 radical (unpaired) electrons. The van der Waals surface area contributed by atoms with E-state index in [-0.39, 0.29) is 17.6 Å². The second kappa shape index (κ2) is 12.9. The maximum atomic E-state index is 12.6. The molecule has 2 rings (SSSR count). The largest absolute Gasteiger partial charge is 0.342 e. The molecular weight excluding hydrogens is 426 g/mol. The van der Waals surface area contributed by atoms with Gasteiger partial charge >= 0.3 is 0 Å². The summed E-state index contributed by atoms with van der Waals surface area (Å²) in [5.41, 5.74) is 1.49. The minimum Gasteiger partial charge on any atom is -0.342 e. The van der Waals surface area contributed by atoms with E-state index in [0.29, 0.717) is 17.1 Å². The van der Waals surface area contributed by atoms with Crippen LogP contribution in [0.25, 0.3) is 0 Å². The number of benzene rings is 1. The zero-order chi connectivity index (χ0) is 21.1. The van der Waals surface area contributed by atoms with Crippen molar-refractivity contribution >= 4 is 52.2 Å². The molecule has 1 heterocycles. The Bertz CT molecular complexity index is 772. The van der Waals surface area contributed by atoms with Gasteiger partial charge in [-0.25, -0.2) is 4.98 Å². The van der Waals surface area contributed by atoms with E-state index in [9.17, 15) is 9.59 Å². The van der Waals surface area contributed by atoms with Crippen molar-refractivity contribution in [3.05, 3.63) is 40.4 Å². The fraction of sp³-hybridized carbons (Fsp3) is 0.476. The number of hydrogen-bond acceptors (Lipinski definition) is 5. The van der Waals surface area contributed by atoms with Crippen LogP contribution in [0.1, 0.15) is 45.2 Å². The van der Waals surface area contributed by atoms with Crippen molar-refractivity contribution in [1.29, 1.82) is 0 Å². The number of anilines is 1. The van der Waals surface area contributed by atoms with E-state index in [1.165, 1.54) is 23.1 Å². The number of aromatic nitrogens is 1. The monoisotopic (exact) mass is 453 g/mol. The third-order valence-corrected chi connectivity index (χ3v) is 6.56. The van der Waals surface area contributed by atoms with Crippen molar-refractivity contribution in [3.63, 3.8) is 0 Å². The van der Waals surface area contributed by atoms with Crippen LogP contribution in [0, 0.1) is 0 Å². The Morgan fingerprint density at radius 1 is 1.14 bits per heavy atom. The highest BCUT2D eigenvalue weighted by Crippen LogP contribution is 2.23. The molecule has 0 atom stereocenters. The molecule has 0 aliphatic carbocycles. The Labute approximate surface area is 186 Å². The van der Waals surface area contributed by atoms with Crippen molar-refractivity contribution in [1.82, 2.24) is 9.88 Å². The van der Waals surface area contributed by atoms with Crippen molar-refractivity contribution in [3.8, 4) is 0 Å². The lowest BCUT2D eigenvalue weighted by Crippen LogP contribution is -2.34. The van der Waals surface area contributed by atoms with Crippen molar-refractivity contribution < 1.29 is 9.59 Å². The van der Waals surface area contributed by atoms with Gasteiger partial charge in [0, 0.05) is 29.2 Å². The quantitative estimate of drug-likeness (QED) is 0.431. The maximum Gasteiger partial charge on any atom is 0.234 e. The lowest BCUT2D eigenvalue weighted by molar-refractivity contribution is -0.130. The topological polar surface area (TPSA) is 62.3 Å². The van der Waals surface area contributed by atoms with Crippen LogP contribution >= 0.6 is 34.7 Å². The first-order valence-electron chi connectivity index (χ1n) is 9.92. The summed E-state index contributed by atoms with van der Waals surface area (Å²) in [6.07, 6.45) is 4.52. The number of hydrogen-bond donors (Lipinski definition) is 1. The van der Waals surface area contributed by atoms with Crippen LogP contribution in [-0.2, 0) is 16.0 Å². The molecule has 0 saturated heterocycles. The molecule has 1 N–H and O–H groups in total. The van der Waals surface area contributed by atoms with Crippen LogP contribution in [0.3, 0.4) is 0 Å². The maximum absolute atomic E-state index is 12.6. The zero-order valence-electron chi connectivity index (χ0n) is 16.9. The van der Waals surface area contributed by atoms with E-state index in [1.54, 1.807) is 24.3 Å². The predicted molar refractivity (Wildman–Crippen MR) is 123 cm³/mol. The molecule has 0 unspecified atom stereocenters. The number of halogens is 1. The summed E-state index contributed by atoms with van der Waals surface area (Å²) >= 11 is 8.70. The van der Waals surface area contributed by atoms with E-state index in [4.69, 9.17) is 11.6 Å². The molecular formula is C21H28ClN3O2S2. The summed E-state index contributed by atoms with van der Waals surface area (Å²) in [5.74, 6) is 0.299. The van der Waals surface area contributed by atoms with Gasteiger partial charge in [0.05, 0.1) is 17.9 Å². The Kier molecular flexibility index (Phi) is 10.5. The Morgan fingerprint density at radius 2 is 1.79 bits per heavy atom. The highest BCUT2D eigenvalue weighted by molar-refractivity contribution is 8.01. The zero-order valence-corrected chi connectivity index (χ0v) is 19.3. The first-order chi connectivity index (χ1) is 14.0. The van der Waals surface area contributed by atoms with E-state index >= 15 is 0 Å². The number of carbonyl (C=O) groups excluding carboxylic acids is 2. The molecule has 29 heavy (non-hydrogen) atoms. The molecule has 1 aromatic carbocycles. The molecule has 0 aliphatic rings.